The van der Waals surface area contributed by atoms with Crippen molar-refractivity contribution < 1.29 is 23.8 Å². The van der Waals surface area contributed by atoms with Gasteiger partial charge in [0.25, 0.3) is 0 Å². The number of carboxylic acids is 1. The molecule has 0 amide bonds. The molecule has 76 valence electrons. The van der Waals surface area contributed by atoms with E-state index >= 15 is 0 Å². The van der Waals surface area contributed by atoms with E-state index in [1.165, 1.54) is 6.92 Å². The van der Waals surface area contributed by atoms with Gasteiger partial charge in [0.1, 0.15) is 11.6 Å². The van der Waals surface area contributed by atoms with Crippen molar-refractivity contribution in [3.05, 3.63) is 34.9 Å². The topological polar surface area (TPSA) is 57.5 Å². The molecule has 0 bridgehead atoms. The summed E-state index contributed by atoms with van der Waals surface area (Å²) in [4.78, 5) is 10.3. The first-order valence-electron chi connectivity index (χ1n) is 3.80. The standard InChI is InChI=1S/C9H8F2O3/c1-4-2-5(10)7(6(11)3-4)8(12)9(13)14/h2-3,8,12H,1H3,(H,13,14). The first-order valence-corrected chi connectivity index (χ1v) is 3.80. The third-order valence-corrected chi connectivity index (χ3v) is 1.73. The number of hydrogen-bond donors (Lipinski definition) is 2. The zero-order valence-electron chi connectivity index (χ0n) is 7.29. The molecule has 1 atom stereocenters. The number of carbonyl (C=O) groups is 1. The minimum absolute atomic E-state index is 0.321. The minimum atomic E-state index is -2.17. The molecule has 1 unspecified atom stereocenters. The van der Waals surface area contributed by atoms with Crippen molar-refractivity contribution in [3.63, 3.8) is 0 Å². The van der Waals surface area contributed by atoms with Gasteiger partial charge in [0, 0.05) is 0 Å². The van der Waals surface area contributed by atoms with Crippen molar-refractivity contribution in [2.75, 3.05) is 0 Å². The van der Waals surface area contributed by atoms with Crippen LogP contribution in [-0.4, -0.2) is 16.2 Å². The largest absolute Gasteiger partial charge is 0.479 e. The van der Waals surface area contributed by atoms with E-state index in [1.807, 2.05) is 0 Å². The van der Waals surface area contributed by atoms with E-state index in [9.17, 15) is 13.6 Å². The van der Waals surface area contributed by atoms with Crippen LogP contribution in [0.15, 0.2) is 12.1 Å². The van der Waals surface area contributed by atoms with Crippen molar-refractivity contribution in [2.24, 2.45) is 0 Å². The van der Waals surface area contributed by atoms with Gasteiger partial charge in [-0.1, -0.05) is 0 Å². The van der Waals surface area contributed by atoms with E-state index in [-0.39, 0.29) is 0 Å². The maximum absolute atomic E-state index is 13.1. The van der Waals surface area contributed by atoms with Crippen molar-refractivity contribution in [2.45, 2.75) is 13.0 Å². The Morgan fingerprint density at radius 1 is 1.36 bits per heavy atom. The van der Waals surface area contributed by atoms with Crippen LogP contribution < -0.4 is 0 Å². The Kier molecular flexibility index (Phi) is 2.81. The predicted octanol–water partition coefficient (Wildman–Crippen LogP) is 1.39. The van der Waals surface area contributed by atoms with Crippen molar-refractivity contribution in [1.82, 2.24) is 0 Å². The van der Waals surface area contributed by atoms with Crippen LogP contribution in [0.25, 0.3) is 0 Å². The van der Waals surface area contributed by atoms with E-state index in [2.05, 4.69) is 0 Å². The number of aliphatic hydroxyl groups is 1. The summed E-state index contributed by atoms with van der Waals surface area (Å²) in [6, 6.07) is 1.93. The molecule has 0 heterocycles. The molecule has 5 heteroatoms. The molecular formula is C9H8F2O3. The van der Waals surface area contributed by atoms with E-state index in [0.717, 1.165) is 12.1 Å². The molecule has 0 aliphatic heterocycles. The average molecular weight is 202 g/mol. The highest BCUT2D eigenvalue weighted by Gasteiger charge is 2.24. The molecule has 1 aromatic rings. The lowest BCUT2D eigenvalue weighted by molar-refractivity contribution is -0.147. The smallest absolute Gasteiger partial charge is 0.337 e. The van der Waals surface area contributed by atoms with Crippen molar-refractivity contribution in [1.29, 1.82) is 0 Å². The second-order valence-corrected chi connectivity index (χ2v) is 2.88. The molecule has 1 rings (SSSR count). The van der Waals surface area contributed by atoms with Crippen LogP contribution >= 0.6 is 0 Å². The van der Waals surface area contributed by atoms with Gasteiger partial charge in [-0.05, 0) is 24.6 Å². The molecule has 0 aromatic heterocycles. The van der Waals surface area contributed by atoms with Gasteiger partial charge in [-0.2, -0.15) is 0 Å². The van der Waals surface area contributed by atoms with Gasteiger partial charge in [0.2, 0.25) is 0 Å². The van der Waals surface area contributed by atoms with Gasteiger partial charge in [0.15, 0.2) is 6.10 Å². The van der Waals surface area contributed by atoms with Crippen LogP contribution in [-0.2, 0) is 4.79 Å². The Bertz CT molecular complexity index is 353. The van der Waals surface area contributed by atoms with Gasteiger partial charge >= 0.3 is 5.97 Å². The quantitative estimate of drug-likeness (QED) is 0.761. The highest BCUT2D eigenvalue weighted by molar-refractivity contribution is 5.74. The highest BCUT2D eigenvalue weighted by Crippen LogP contribution is 2.22. The molecule has 0 saturated carbocycles. The zero-order chi connectivity index (χ0) is 10.9. The van der Waals surface area contributed by atoms with Gasteiger partial charge in [-0.3, -0.25) is 0 Å². The maximum Gasteiger partial charge on any atom is 0.337 e. The fourth-order valence-corrected chi connectivity index (χ4v) is 1.10. The normalized spacial score (nSPS) is 12.6. The number of aliphatic carboxylic acids is 1. The Hall–Kier alpha value is -1.49. The summed E-state index contributed by atoms with van der Waals surface area (Å²) in [6.07, 6.45) is -2.17. The summed E-state index contributed by atoms with van der Waals surface area (Å²) in [7, 11) is 0. The Labute approximate surface area is 78.6 Å². The third-order valence-electron chi connectivity index (χ3n) is 1.73. The van der Waals surface area contributed by atoms with Crippen molar-refractivity contribution >= 4 is 5.97 Å². The number of hydrogen-bond acceptors (Lipinski definition) is 2. The van der Waals surface area contributed by atoms with Crippen molar-refractivity contribution in [3.8, 4) is 0 Å². The molecule has 0 aliphatic carbocycles. The van der Waals surface area contributed by atoms with Crippen LogP contribution in [0, 0.1) is 18.6 Å². The lowest BCUT2D eigenvalue weighted by Crippen LogP contribution is -2.14. The summed E-state index contributed by atoms with van der Waals surface area (Å²) in [6.45, 7) is 1.46. The monoisotopic (exact) mass is 202 g/mol. The summed E-state index contributed by atoms with van der Waals surface area (Å²) in [5, 5.41) is 17.3. The molecule has 3 nitrogen and oxygen atoms in total. The molecule has 0 spiro atoms. The number of carboxylic acid groups (broad SMARTS) is 1. The Morgan fingerprint density at radius 2 is 1.79 bits per heavy atom. The third kappa shape index (κ3) is 1.88. The number of halogens is 2. The first-order chi connectivity index (χ1) is 6.43. The minimum Gasteiger partial charge on any atom is -0.479 e. The van der Waals surface area contributed by atoms with E-state index in [4.69, 9.17) is 10.2 Å². The lowest BCUT2D eigenvalue weighted by Gasteiger charge is -2.08. The van der Waals surface area contributed by atoms with Crippen LogP contribution in [0.1, 0.15) is 17.2 Å². The molecule has 1 aromatic carbocycles. The molecule has 0 radical (unpaired) electrons. The van der Waals surface area contributed by atoms with Crippen LogP contribution in [0.3, 0.4) is 0 Å². The number of aryl methyl sites for hydroxylation is 1. The van der Waals surface area contributed by atoms with Gasteiger partial charge in [-0.15, -0.1) is 0 Å². The van der Waals surface area contributed by atoms with Crippen LogP contribution in [0.2, 0.25) is 0 Å². The number of benzene rings is 1. The van der Waals surface area contributed by atoms with Gasteiger partial charge in [0.05, 0.1) is 5.56 Å². The highest BCUT2D eigenvalue weighted by atomic mass is 19.1. The summed E-state index contributed by atoms with van der Waals surface area (Å²) in [5.41, 5.74) is -0.510. The molecular weight excluding hydrogens is 194 g/mol. The fraction of sp³-hybridized carbons (Fsp3) is 0.222. The molecule has 0 aliphatic rings. The Balaban J connectivity index is 3.27. The zero-order valence-corrected chi connectivity index (χ0v) is 7.29. The average Bonchev–Trinajstić information content (AvgIpc) is 2.01. The molecule has 0 fully saturated rings. The maximum atomic E-state index is 13.1. The van der Waals surface area contributed by atoms with E-state index in [1.54, 1.807) is 0 Å². The fourth-order valence-electron chi connectivity index (χ4n) is 1.10. The second-order valence-electron chi connectivity index (χ2n) is 2.88. The van der Waals surface area contributed by atoms with Gasteiger partial charge in [-0.25, -0.2) is 13.6 Å². The predicted molar refractivity (Wildman–Crippen MR) is 43.7 cm³/mol. The molecule has 14 heavy (non-hydrogen) atoms. The lowest BCUT2D eigenvalue weighted by atomic mass is 10.1. The molecule has 0 saturated heterocycles. The summed E-state index contributed by atoms with van der Waals surface area (Å²) >= 11 is 0. The summed E-state index contributed by atoms with van der Waals surface area (Å²) in [5.74, 6) is -3.80. The Morgan fingerprint density at radius 3 is 2.14 bits per heavy atom. The van der Waals surface area contributed by atoms with Crippen LogP contribution in [0.4, 0.5) is 8.78 Å². The number of aliphatic hydroxyl groups excluding tert-OH is 1. The van der Waals surface area contributed by atoms with E-state index in [0.29, 0.717) is 5.56 Å². The molecule has 2 N–H and O–H groups in total. The first kappa shape index (κ1) is 10.6. The SMILES string of the molecule is Cc1cc(F)c(C(O)C(=O)O)c(F)c1. The van der Waals surface area contributed by atoms with Gasteiger partial charge < -0.3 is 10.2 Å². The second kappa shape index (κ2) is 3.71. The number of rotatable bonds is 2. The van der Waals surface area contributed by atoms with E-state index < -0.39 is 29.3 Å². The summed E-state index contributed by atoms with van der Waals surface area (Å²) < 4.78 is 26.1. The van der Waals surface area contributed by atoms with Crippen LogP contribution in [0.5, 0.6) is 0 Å².